The van der Waals surface area contributed by atoms with Gasteiger partial charge in [-0.05, 0) is 58.9 Å². The number of methoxy groups -OCH3 is 2. The van der Waals surface area contributed by atoms with E-state index in [1.165, 1.54) is 0 Å². The maximum Gasteiger partial charge on any atom is 0.234 e. The molecule has 1 aliphatic heterocycles. The first-order valence-corrected chi connectivity index (χ1v) is 13.3. The Hall–Kier alpha value is -2.52. The molecular formula is C26H41ClN6O3. The highest BCUT2D eigenvalue weighted by Crippen LogP contribution is 2.35. The second kappa shape index (κ2) is 13.1. The summed E-state index contributed by atoms with van der Waals surface area (Å²) in [6.45, 7) is 10.3. The Balaban J connectivity index is 1.70. The van der Waals surface area contributed by atoms with E-state index in [2.05, 4.69) is 41.6 Å². The molecule has 3 rings (SSSR count). The molecule has 0 atom stereocenters. The number of fused-ring (bicyclic) bond motifs is 1. The highest BCUT2D eigenvalue weighted by molar-refractivity contribution is 6.27. The van der Waals surface area contributed by atoms with E-state index in [9.17, 15) is 4.79 Å². The van der Waals surface area contributed by atoms with Gasteiger partial charge in [-0.3, -0.25) is 9.69 Å². The number of rotatable bonds is 12. The Bertz CT molecular complexity index is 1010. The van der Waals surface area contributed by atoms with E-state index in [4.69, 9.17) is 31.0 Å². The van der Waals surface area contributed by atoms with Gasteiger partial charge in [0, 0.05) is 49.2 Å². The molecule has 1 aliphatic rings. The van der Waals surface area contributed by atoms with Crippen molar-refractivity contribution < 1.29 is 14.3 Å². The van der Waals surface area contributed by atoms with E-state index in [-0.39, 0.29) is 17.3 Å². The van der Waals surface area contributed by atoms with Crippen molar-refractivity contribution >= 4 is 40.2 Å². The van der Waals surface area contributed by atoms with E-state index in [1.54, 1.807) is 14.2 Å². The molecule has 0 spiro atoms. The van der Waals surface area contributed by atoms with Crippen molar-refractivity contribution in [3.8, 4) is 11.5 Å². The van der Waals surface area contributed by atoms with Gasteiger partial charge in [-0.15, -0.1) is 11.6 Å². The number of piperidine rings is 1. The summed E-state index contributed by atoms with van der Waals surface area (Å²) >= 11 is 5.50. The van der Waals surface area contributed by atoms with Crippen molar-refractivity contribution in [3.63, 3.8) is 0 Å². The third-order valence-electron chi connectivity index (χ3n) is 6.57. The Morgan fingerprint density at radius 3 is 2.36 bits per heavy atom. The Morgan fingerprint density at radius 2 is 1.72 bits per heavy atom. The number of aromatic nitrogens is 2. The molecule has 1 saturated heterocycles. The molecule has 0 bridgehead atoms. The number of anilines is 2. The summed E-state index contributed by atoms with van der Waals surface area (Å²) in [6.07, 6.45) is 4.93. The zero-order chi connectivity index (χ0) is 26.1. The van der Waals surface area contributed by atoms with Crippen LogP contribution in [0, 0.1) is 0 Å². The van der Waals surface area contributed by atoms with Crippen LogP contribution >= 0.6 is 11.6 Å². The van der Waals surface area contributed by atoms with Crippen LogP contribution in [0.3, 0.4) is 0 Å². The van der Waals surface area contributed by atoms with Crippen molar-refractivity contribution in [1.82, 2.24) is 20.2 Å². The normalized spacial score (nSPS) is 15.1. The van der Waals surface area contributed by atoms with Gasteiger partial charge < -0.3 is 25.4 Å². The Kier molecular flexibility index (Phi) is 10.2. The smallest absolute Gasteiger partial charge is 0.234 e. The van der Waals surface area contributed by atoms with Crippen LogP contribution in [0.5, 0.6) is 11.5 Å². The van der Waals surface area contributed by atoms with Gasteiger partial charge in [0.25, 0.3) is 0 Å². The fraction of sp³-hybridized carbons (Fsp3) is 0.654. The van der Waals surface area contributed by atoms with Gasteiger partial charge in [-0.2, -0.15) is 4.98 Å². The Morgan fingerprint density at radius 1 is 1.06 bits per heavy atom. The zero-order valence-electron chi connectivity index (χ0n) is 22.2. The Labute approximate surface area is 219 Å². The largest absolute Gasteiger partial charge is 0.493 e. The second-order valence-electron chi connectivity index (χ2n) is 10.2. The number of ether oxygens (including phenoxy) is 2. The van der Waals surface area contributed by atoms with Gasteiger partial charge in [0.2, 0.25) is 11.9 Å². The summed E-state index contributed by atoms with van der Waals surface area (Å²) in [4.78, 5) is 23.3. The number of halogens is 1. The SMILES string of the molecule is COc1cc2nc(NCCCCCNC(=O)CCl)nc(NC3CCN(C(C)(C)C)CC3)c2cc1OC. The fourth-order valence-corrected chi connectivity index (χ4v) is 4.53. The van der Waals surface area contributed by atoms with Crippen LogP contribution in [0.4, 0.5) is 11.8 Å². The quantitative estimate of drug-likeness (QED) is 0.282. The first kappa shape index (κ1) is 28.1. The van der Waals surface area contributed by atoms with Crippen LogP contribution in [0.15, 0.2) is 12.1 Å². The number of amides is 1. The number of hydrogen-bond donors (Lipinski definition) is 3. The molecule has 0 radical (unpaired) electrons. The number of hydrogen-bond acceptors (Lipinski definition) is 8. The van der Waals surface area contributed by atoms with Crippen LogP contribution < -0.4 is 25.4 Å². The lowest BCUT2D eigenvalue weighted by molar-refractivity contribution is -0.118. The van der Waals surface area contributed by atoms with Crippen LogP contribution in [-0.2, 0) is 4.79 Å². The molecule has 0 aliphatic carbocycles. The lowest BCUT2D eigenvalue weighted by Crippen LogP contribution is -2.48. The zero-order valence-corrected chi connectivity index (χ0v) is 23.0. The van der Waals surface area contributed by atoms with Gasteiger partial charge in [0.05, 0.1) is 19.7 Å². The first-order valence-electron chi connectivity index (χ1n) is 12.8. The van der Waals surface area contributed by atoms with Crippen molar-refractivity contribution in [2.45, 2.75) is 64.5 Å². The van der Waals surface area contributed by atoms with Gasteiger partial charge >= 0.3 is 0 Å². The maximum absolute atomic E-state index is 11.2. The average Bonchev–Trinajstić information content (AvgIpc) is 2.86. The number of unbranched alkanes of at least 4 members (excludes halogenated alkanes) is 2. The number of nitrogens with zero attached hydrogens (tertiary/aromatic N) is 3. The molecule has 200 valence electrons. The molecule has 9 nitrogen and oxygen atoms in total. The molecule has 1 aromatic carbocycles. The summed E-state index contributed by atoms with van der Waals surface area (Å²) in [5, 5.41) is 10.8. The summed E-state index contributed by atoms with van der Waals surface area (Å²) < 4.78 is 11.0. The van der Waals surface area contributed by atoms with Gasteiger partial charge in [0.1, 0.15) is 11.7 Å². The van der Waals surface area contributed by atoms with Gasteiger partial charge in [0.15, 0.2) is 11.5 Å². The summed E-state index contributed by atoms with van der Waals surface area (Å²) in [6, 6.07) is 4.18. The number of carbonyl (C=O) groups is 1. The van der Waals surface area contributed by atoms with E-state index in [0.29, 0.717) is 30.0 Å². The highest BCUT2D eigenvalue weighted by atomic mass is 35.5. The molecule has 2 aromatic rings. The molecule has 3 N–H and O–H groups in total. The number of benzene rings is 1. The van der Waals surface area contributed by atoms with Crippen molar-refractivity contribution in [2.75, 3.05) is 56.9 Å². The van der Waals surface area contributed by atoms with Crippen LogP contribution in [-0.4, -0.2) is 78.6 Å². The topological polar surface area (TPSA) is 101 Å². The minimum atomic E-state index is -0.129. The van der Waals surface area contributed by atoms with E-state index < -0.39 is 0 Å². The monoisotopic (exact) mass is 520 g/mol. The summed E-state index contributed by atoms with van der Waals surface area (Å²) in [5.74, 6) is 2.56. The lowest BCUT2D eigenvalue weighted by atomic mass is 9.98. The van der Waals surface area contributed by atoms with Gasteiger partial charge in [-0.25, -0.2) is 4.98 Å². The lowest BCUT2D eigenvalue weighted by Gasteiger charge is -2.41. The molecule has 10 heteroatoms. The molecule has 1 aromatic heterocycles. The minimum Gasteiger partial charge on any atom is -0.493 e. The van der Waals surface area contributed by atoms with Gasteiger partial charge in [-0.1, -0.05) is 0 Å². The number of nitrogens with one attached hydrogen (secondary N) is 3. The molecule has 0 saturated carbocycles. The van der Waals surface area contributed by atoms with Crippen LogP contribution in [0.25, 0.3) is 10.9 Å². The summed E-state index contributed by atoms with van der Waals surface area (Å²) in [7, 11) is 3.26. The van der Waals surface area contributed by atoms with E-state index >= 15 is 0 Å². The molecule has 1 amide bonds. The molecule has 1 fully saturated rings. The maximum atomic E-state index is 11.2. The predicted molar refractivity (Wildman–Crippen MR) is 147 cm³/mol. The van der Waals surface area contributed by atoms with E-state index in [0.717, 1.165) is 68.5 Å². The third kappa shape index (κ3) is 7.74. The summed E-state index contributed by atoms with van der Waals surface area (Å²) in [5.41, 5.74) is 0.979. The fourth-order valence-electron chi connectivity index (χ4n) is 4.43. The predicted octanol–water partition coefficient (Wildman–Crippen LogP) is 4.26. The number of alkyl halides is 1. The van der Waals surface area contributed by atoms with Crippen molar-refractivity contribution in [2.24, 2.45) is 0 Å². The molecule has 36 heavy (non-hydrogen) atoms. The minimum absolute atomic E-state index is 0.00356. The number of carbonyl (C=O) groups excluding carboxylic acids is 1. The van der Waals surface area contributed by atoms with Crippen LogP contribution in [0.1, 0.15) is 52.9 Å². The number of likely N-dealkylation sites (tertiary alicyclic amines) is 1. The molecule has 2 heterocycles. The average molecular weight is 521 g/mol. The third-order valence-corrected chi connectivity index (χ3v) is 6.81. The van der Waals surface area contributed by atoms with Crippen LogP contribution in [0.2, 0.25) is 0 Å². The second-order valence-corrected chi connectivity index (χ2v) is 10.4. The van der Waals surface area contributed by atoms with Crippen molar-refractivity contribution in [1.29, 1.82) is 0 Å². The highest BCUT2D eigenvalue weighted by Gasteiger charge is 2.27. The molecular weight excluding hydrogens is 480 g/mol. The van der Waals surface area contributed by atoms with Crippen molar-refractivity contribution in [3.05, 3.63) is 12.1 Å². The first-order chi connectivity index (χ1) is 17.2. The standard InChI is InChI=1S/C26H41ClN6O3/c1-26(2,3)33-13-9-18(10-14-33)30-24-19-15-21(35-4)22(36-5)16-20(19)31-25(32-24)29-12-8-6-7-11-28-23(34)17-27/h15-16,18H,6-14,17H2,1-5H3,(H,28,34)(H2,29,30,31,32). The molecule has 0 unspecified atom stereocenters. The van der Waals surface area contributed by atoms with E-state index in [1.807, 2.05) is 12.1 Å².